The van der Waals surface area contributed by atoms with E-state index in [4.69, 9.17) is 5.11 Å². The first kappa shape index (κ1) is 15.3. The van der Waals surface area contributed by atoms with Gasteiger partial charge >= 0.3 is 5.97 Å². The Balaban J connectivity index is 1.92. The molecule has 2 rings (SSSR count). The van der Waals surface area contributed by atoms with Crippen molar-refractivity contribution in [2.24, 2.45) is 5.92 Å². The lowest BCUT2D eigenvalue weighted by Crippen LogP contribution is -2.38. The Kier molecular flexibility index (Phi) is 4.70. The molecule has 0 spiro atoms. The van der Waals surface area contributed by atoms with Crippen LogP contribution in [0.5, 0.6) is 0 Å². The first-order valence-corrected chi connectivity index (χ1v) is 7.90. The monoisotopic (exact) mass is 295 g/mol. The third-order valence-corrected chi connectivity index (χ3v) is 5.02. The first-order valence-electron chi connectivity index (χ1n) is 6.91. The van der Waals surface area contributed by atoms with Gasteiger partial charge in [-0.15, -0.1) is 11.8 Å². The van der Waals surface area contributed by atoms with Crippen LogP contribution in [-0.4, -0.2) is 32.5 Å². The maximum atomic E-state index is 10.9. The lowest BCUT2D eigenvalue weighted by Gasteiger charge is -2.34. The second kappa shape index (κ2) is 6.14. The van der Waals surface area contributed by atoms with Crippen LogP contribution < -0.4 is 0 Å². The van der Waals surface area contributed by atoms with E-state index in [-0.39, 0.29) is 5.92 Å². The van der Waals surface area contributed by atoms with E-state index >= 15 is 0 Å². The summed E-state index contributed by atoms with van der Waals surface area (Å²) in [5, 5.41) is 20.4. The summed E-state index contributed by atoms with van der Waals surface area (Å²) in [5.74, 6) is -0.454. The van der Waals surface area contributed by atoms with Gasteiger partial charge in [0, 0.05) is 11.4 Å². The van der Waals surface area contributed by atoms with Crippen molar-refractivity contribution in [3.63, 3.8) is 0 Å². The minimum atomic E-state index is -0.754. The molecular weight excluding hydrogens is 274 g/mol. The van der Waals surface area contributed by atoms with Gasteiger partial charge in [0.1, 0.15) is 0 Å². The van der Waals surface area contributed by atoms with Crippen molar-refractivity contribution < 1.29 is 15.0 Å². The van der Waals surface area contributed by atoms with Gasteiger partial charge in [-0.3, -0.25) is 4.79 Å². The third kappa shape index (κ3) is 3.96. The summed E-state index contributed by atoms with van der Waals surface area (Å²) in [7, 11) is 0. The highest BCUT2D eigenvalue weighted by molar-refractivity contribution is 7.99. The van der Waals surface area contributed by atoms with Crippen LogP contribution in [0.3, 0.4) is 0 Å². The summed E-state index contributed by atoms with van der Waals surface area (Å²) < 4.78 is 0. The minimum absolute atomic E-state index is 0.292. The predicted molar refractivity (Wildman–Crippen MR) is 79.0 cm³/mol. The Morgan fingerprint density at radius 3 is 2.60 bits per heavy atom. The largest absolute Gasteiger partial charge is 0.481 e. The van der Waals surface area contributed by atoms with Gasteiger partial charge in [-0.1, -0.05) is 0 Å². The van der Waals surface area contributed by atoms with Gasteiger partial charge in [-0.25, -0.2) is 4.98 Å². The Morgan fingerprint density at radius 1 is 1.40 bits per heavy atom. The molecule has 1 aliphatic carbocycles. The van der Waals surface area contributed by atoms with E-state index in [9.17, 15) is 9.90 Å². The maximum absolute atomic E-state index is 10.9. The van der Waals surface area contributed by atoms with Crippen LogP contribution >= 0.6 is 11.8 Å². The number of thioether (sulfide) groups is 1. The van der Waals surface area contributed by atoms with Crippen molar-refractivity contribution in [1.82, 2.24) is 4.98 Å². The highest BCUT2D eigenvalue weighted by Gasteiger charge is 2.35. The number of aliphatic hydroxyl groups is 1. The molecule has 1 saturated carbocycles. The molecule has 110 valence electrons. The lowest BCUT2D eigenvalue weighted by atomic mass is 9.80. The molecule has 1 aromatic rings. The highest BCUT2D eigenvalue weighted by atomic mass is 32.2. The average molecular weight is 295 g/mol. The van der Waals surface area contributed by atoms with E-state index in [1.54, 1.807) is 11.8 Å². The number of aliphatic carboxylic acids is 1. The van der Waals surface area contributed by atoms with Crippen molar-refractivity contribution in [2.75, 3.05) is 5.75 Å². The Morgan fingerprint density at radius 2 is 2.05 bits per heavy atom. The Labute approximate surface area is 123 Å². The molecule has 20 heavy (non-hydrogen) atoms. The van der Waals surface area contributed by atoms with Crippen LogP contribution in [0.2, 0.25) is 0 Å². The molecule has 0 aromatic carbocycles. The SMILES string of the molecule is Cc1cc(C)nc(SCC2(O)CCC(C(=O)O)CC2)c1. The van der Waals surface area contributed by atoms with Crippen LogP contribution in [-0.2, 0) is 4.79 Å². The molecule has 0 bridgehead atoms. The maximum Gasteiger partial charge on any atom is 0.306 e. The van der Waals surface area contributed by atoms with Crippen molar-refractivity contribution >= 4 is 17.7 Å². The van der Waals surface area contributed by atoms with E-state index in [1.807, 2.05) is 26.0 Å². The zero-order chi connectivity index (χ0) is 14.8. The zero-order valence-electron chi connectivity index (χ0n) is 11.9. The minimum Gasteiger partial charge on any atom is -0.481 e. The standard InChI is InChI=1S/C15H21NO3S/c1-10-7-11(2)16-13(8-10)20-9-15(19)5-3-12(4-6-15)14(17)18/h7-8,12,19H,3-6,9H2,1-2H3,(H,17,18). The van der Waals surface area contributed by atoms with Crippen molar-refractivity contribution in [1.29, 1.82) is 0 Å². The summed E-state index contributed by atoms with van der Waals surface area (Å²) in [6.07, 6.45) is 2.24. The van der Waals surface area contributed by atoms with E-state index in [1.165, 1.54) is 5.56 Å². The van der Waals surface area contributed by atoms with Gasteiger partial charge < -0.3 is 10.2 Å². The third-order valence-electron chi connectivity index (χ3n) is 3.83. The van der Waals surface area contributed by atoms with Crippen LogP contribution in [0.4, 0.5) is 0 Å². The summed E-state index contributed by atoms with van der Waals surface area (Å²) in [6.45, 7) is 4.00. The molecule has 2 N–H and O–H groups in total. The quantitative estimate of drug-likeness (QED) is 0.836. The Bertz CT molecular complexity index is 476. The molecule has 1 heterocycles. The van der Waals surface area contributed by atoms with E-state index in [2.05, 4.69) is 4.98 Å². The zero-order valence-corrected chi connectivity index (χ0v) is 12.7. The topological polar surface area (TPSA) is 70.4 Å². The summed E-state index contributed by atoms with van der Waals surface area (Å²) in [5.41, 5.74) is 1.39. The molecule has 0 amide bonds. The van der Waals surface area contributed by atoms with Gasteiger partial charge in [0.15, 0.2) is 0 Å². The van der Waals surface area contributed by atoms with Crippen molar-refractivity contribution in [3.8, 4) is 0 Å². The number of carboxylic acid groups (broad SMARTS) is 1. The van der Waals surface area contributed by atoms with E-state index in [0.717, 1.165) is 10.7 Å². The van der Waals surface area contributed by atoms with Crippen LogP contribution in [0.1, 0.15) is 36.9 Å². The lowest BCUT2D eigenvalue weighted by molar-refractivity contribution is -0.144. The van der Waals surface area contributed by atoms with Gasteiger partial charge in [0.25, 0.3) is 0 Å². The number of nitrogens with zero attached hydrogens (tertiary/aromatic N) is 1. The normalized spacial score (nSPS) is 26.4. The number of pyridine rings is 1. The number of aromatic nitrogens is 1. The second-order valence-electron chi connectivity index (χ2n) is 5.75. The molecule has 0 atom stereocenters. The summed E-state index contributed by atoms with van der Waals surface area (Å²) in [4.78, 5) is 15.4. The number of carbonyl (C=O) groups is 1. The number of rotatable bonds is 4. The molecule has 4 nitrogen and oxygen atoms in total. The number of aryl methyl sites for hydroxylation is 2. The first-order chi connectivity index (χ1) is 9.38. The smallest absolute Gasteiger partial charge is 0.306 e. The molecule has 0 radical (unpaired) electrons. The number of hydrogen-bond donors (Lipinski definition) is 2. The predicted octanol–water partition coefficient (Wildman–Crippen LogP) is 2.80. The Hall–Kier alpha value is -1.07. The molecule has 1 fully saturated rings. The fraction of sp³-hybridized carbons (Fsp3) is 0.600. The van der Waals surface area contributed by atoms with Crippen molar-refractivity contribution in [2.45, 2.75) is 50.2 Å². The molecule has 0 aliphatic heterocycles. The van der Waals surface area contributed by atoms with Crippen molar-refractivity contribution in [3.05, 3.63) is 23.4 Å². The fourth-order valence-corrected chi connectivity index (χ4v) is 3.82. The van der Waals surface area contributed by atoms with E-state index in [0.29, 0.717) is 31.4 Å². The number of hydrogen-bond acceptors (Lipinski definition) is 4. The van der Waals surface area contributed by atoms with Gasteiger partial charge in [-0.05, 0) is 57.2 Å². The van der Waals surface area contributed by atoms with Crippen LogP contribution in [0, 0.1) is 19.8 Å². The van der Waals surface area contributed by atoms with Crippen LogP contribution in [0.25, 0.3) is 0 Å². The fourth-order valence-electron chi connectivity index (χ4n) is 2.63. The van der Waals surface area contributed by atoms with Gasteiger partial charge in [0.2, 0.25) is 0 Å². The molecule has 0 unspecified atom stereocenters. The highest BCUT2D eigenvalue weighted by Crippen LogP contribution is 2.36. The number of carboxylic acids is 1. The summed E-state index contributed by atoms with van der Waals surface area (Å²) >= 11 is 1.56. The molecular formula is C15H21NO3S. The molecule has 0 saturated heterocycles. The summed E-state index contributed by atoms with van der Waals surface area (Å²) in [6, 6.07) is 4.04. The van der Waals surface area contributed by atoms with Gasteiger partial charge in [-0.2, -0.15) is 0 Å². The molecule has 5 heteroatoms. The second-order valence-corrected chi connectivity index (χ2v) is 6.75. The molecule has 1 aliphatic rings. The van der Waals surface area contributed by atoms with Crippen LogP contribution in [0.15, 0.2) is 17.2 Å². The van der Waals surface area contributed by atoms with Gasteiger partial charge in [0.05, 0.1) is 16.5 Å². The average Bonchev–Trinajstić information content (AvgIpc) is 2.36. The molecule has 1 aromatic heterocycles. The van der Waals surface area contributed by atoms with E-state index < -0.39 is 11.6 Å².